The van der Waals surface area contributed by atoms with Crippen LogP contribution in [-0.2, 0) is 25.7 Å². The number of fused-ring (bicyclic) bond motifs is 3. The molecule has 0 aliphatic carbocycles. The summed E-state index contributed by atoms with van der Waals surface area (Å²) in [5, 5.41) is 7.05. The van der Waals surface area contributed by atoms with E-state index in [0.717, 1.165) is 24.6 Å². The molecule has 0 fully saturated rings. The third kappa shape index (κ3) is 4.53. The highest BCUT2D eigenvalue weighted by molar-refractivity contribution is 5.95. The highest BCUT2D eigenvalue weighted by Gasteiger charge is 2.36. The van der Waals surface area contributed by atoms with Gasteiger partial charge in [-0.25, -0.2) is 9.18 Å². The second-order valence-corrected chi connectivity index (χ2v) is 8.59. The van der Waals surface area contributed by atoms with E-state index in [2.05, 4.69) is 17.3 Å². The monoisotopic (exact) mass is 467 g/mol. The van der Waals surface area contributed by atoms with Crippen molar-refractivity contribution in [3.63, 3.8) is 0 Å². The van der Waals surface area contributed by atoms with Crippen molar-refractivity contribution in [1.29, 1.82) is 0 Å². The lowest BCUT2D eigenvalue weighted by atomic mass is 10.0. The summed E-state index contributed by atoms with van der Waals surface area (Å²) in [6, 6.07) is 1.70. The van der Waals surface area contributed by atoms with Crippen molar-refractivity contribution in [1.82, 2.24) is 19.6 Å². The fourth-order valence-corrected chi connectivity index (χ4v) is 4.54. The predicted molar refractivity (Wildman–Crippen MR) is 112 cm³/mol. The molecular weight excluding hydrogens is 442 g/mol. The number of benzene rings is 1. The van der Waals surface area contributed by atoms with E-state index in [1.54, 1.807) is 16.6 Å². The maximum absolute atomic E-state index is 13.5. The SMILES string of the molecule is CCC[C@H]1CN(C)C(=O)c2c3c(nn2C1)CCN(C(=O)Nc1ccc(F)c(C(F)(F)F)c1)C3. The topological polar surface area (TPSA) is 70.5 Å². The molecule has 7 nitrogen and oxygen atoms in total. The summed E-state index contributed by atoms with van der Waals surface area (Å²) in [5.74, 6) is -1.28. The number of alkyl halides is 3. The molecule has 11 heteroatoms. The number of aromatic nitrogens is 2. The van der Waals surface area contributed by atoms with Gasteiger partial charge in [0.25, 0.3) is 5.91 Å². The number of halogens is 4. The van der Waals surface area contributed by atoms with Crippen LogP contribution in [0.2, 0.25) is 0 Å². The van der Waals surface area contributed by atoms with Crippen LogP contribution in [0.4, 0.5) is 28.0 Å². The number of rotatable bonds is 3. The van der Waals surface area contributed by atoms with Crippen molar-refractivity contribution < 1.29 is 27.2 Å². The van der Waals surface area contributed by atoms with Crippen LogP contribution in [0, 0.1) is 11.7 Å². The van der Waals surface area contributed by atoms with Crippen LogP contribution < -0.4 is 5.32 Å². The Labute approximate surface area is 188 Å². The fraction of sp³-hybridized carbons (Fsp3) is 0.500. The van der Waals surface area contributed by atoms with E-state index < -0.39 is 23.6 Å². The zero-order valence-electron chi connectivity index (χ0n) is 18.4. The number of urea groups is 1. The molecule has 0 bridgehead atoms. The Morgan fingerprint density at radius 2 is 2.03 bits per heavy atom. The van der Waals surface area contributed by atoms with E-state index in [1.807, 2.05) is 0 Å². The summed E-state index contributed by atoms with van der Waals surface area (Å²) in [6.07, 6.45) is -2.48. The maximum Gasteiger partial charge on any atom is 0.419 e. The van der Waals surface area contributed by atoms with Crippen LogP contribution in [-0.4, -0.2) is 51.7 Å². The number of anilines is 1. The highest BCUT2D eigenvalue weighted by Crippen LogP contribution is 2.33. The van der Waals surface area contributed by atoms with Gasteiger partial charge in [0, 0.05) is 44.4 Å². The van der Waals surface area contributed by atoms with Crippen LogP contribution >= 0.6 is 0 Å². The van der Waals surface area contributed by atoms with Crippen molar-refractivity contribution in [3.05, 3.63) is 46.5 Å². The van der Waals surface area contributed by atoms with Crippen LogP contribution in [0.1, 0.15) is 47.1 Å². The van der Waals surface area contributed by atoms with Gasteiger partial charge in [0.2, 0.25) is 0 Å². The first-order chi connectivity index (χ1) is 15.6. The van der Waals surface area contributed by atoms with E-state index in [1.165, 1.54) is 4.90 Å². The second-order valence-electron chi connectivity index (χ2n) is 8.59. The molecule has 2 aromatic rings. The fourth-order valence-electron chi connectivity index (χ4n) is 4.54. The molecule has 1 aromatic carbocycles. The van der Waals surface area contributed by atoms with Crippen LogP contribution in [0.5, 0.6) is 0 Å². The summed E-state index contributed by atoms with van der Waals surface area (Å²) in [6.45, 7) is 3.75. The average molecular weight is 467 g/mol. The molecule has 3 heterocycles. The van der Waals surface area contributed by atoms with Crippen LogP contribution in [0.25, 0.3) is 0 Å². The third-order valence-electron chi connectivity index (χ3n) is 6.12. The predicted octanol–water partition coefficient (Wildman–Crippen LogP) is 4.13. The zero-order valence-corrected chi connectivity index (χ0v) is 18.4. The summed E-state index contributed by atoms with van der Waals surface area (Å²) < 4.78 is 54.2. The molecule has 2 aliphatic heterocycles. The van der Waals surface area contributed by atoms with Gasteiger partial charge in [0.15, 0.2) is 0 Å². The number of hydrogen-bond donors (Lipinski definition) is 1. The summed E-state index contributed by atoms with van der Waals surface area (Å²) in [5.41, 5.74) is 0.282. The lowest BCUT2D eigenvalue weighted by Gasteiger charge is -2.27. The summed E-state index contributed by atoms with van der Waals surface area (Å²) >= 11 is 0. The molecule has 0 saturated heterocycles. The summed E-state index contributed by atoms with van der Waals surface area (Å²) in [4.78, 5) is 28.9. The van der Waals surface area contributed by atoms with Gasteiger partial charge in [0.05, 0.1) is 17.8 Å². The van der Waals surface area contributed by atoms with Crippen LogP contribution in [0.3, 0.4) is 0 Å². The van der Waals surface area contributed by atoms with E-state index in [4.69, 9.17) is 0 Å². The zero-order chi connectivity index (χ0) is 23.9. The molecule has 0 saturated carbocycles. The molecule has 1 N–H and O–H groups in total. The van der Waals surface area contributed by atoms with Gasteiger partial charge in [-0.05, 0) is 30.5 Å². The molecule has 4 rings (SSSR count). The number of nitrogens with zero attached hydrogens (tertiary/aromatic N) is 4. The molecule has 2 aliphatic rings. The van der Waals surface area contributed by atoms with E-state index >= 15 is 0 Å². The van der Waals surface area contributed by atoms with Gasteiger partial charge in [0.1, 0.15) is 11.5 Å². The van der Waals surface area contributed by atoms with Crippen molar-refractivity contribution in [3.8, 4) is 0 Å². The number of nitrogens with one attached hydrogen (secondary N) is 1. The van der Waals surface area contributed by atoms with E-state index in [-0.39, 0.29) is 24.1 Å². The Bertz CT molecular complexity index is 1080. The maximum atomic E-state index is 13.5. The van der Waals surface area contributed by atoms with Crippen molar-refractivity contribution in [2.75, 3.05) is 25.5 Å². The van der Waals surface area contributed by atoms with E-state index in [0.29, 0.717) is 49.4 Å². The molecule has 178 valence electrons. The van der Waals surface area contributed by atoms with Gasteiger partial charge in [-0.2, -0.15) is 18.3 Å². The van der Waals surface area contributed by atoms with E-state index in [9.17, 15) is 27.2 Å². The van der Waals surface area contributed by atoms with Crippen molar-refractivity contribution in [2.24, 2.45) is 5.92 Å². The number of carbonyl (C=O) groups excluding carboxylic acids is 2. The van der Waals surface area contributed by atoms with Gasteiger partial charge in [-0.15, -0.1) is 0 Å². The second kappa shape index (κ2) is 8.68. The minimum absolute atomic E-state index is 0.113. The van der Waals surface area contributed by atoms with Crippen LogP contribution in [0.15, 0.2) is 18.2 Å². The molecular formula is C22H25F4N5O2. The average Bonchev–Trinajstić information content (AvgIpc) is 3.05. The van der Waals surface area contributed by atoms with Gasteiger partial charge >= 0.3 is 12.2 Å². The minimum atomic E-state index is -4.87. The molecule has 33 heavy (non-hydrogen) atoms. The first-order valence-electron chi connectivity index (χ1n) is 10.8. The smallest absolute Gasteiger partial charge is 0.340 e. The quantitative estimate of drug-likeness (QED) is 0.690. The third-order valence-corrected chi connectivity index (χ3v) is 6.12. The summed E-state index contributed by atoms with van der Waals surface area (Å²) in [7, 11) is 1.75. The molecule has 1 aromatic heterocycles. The molecule has 0 unspecified atom stereocenters. The normalized spacial score (nSPS) is 18.6. The van der Waals surface area contributed by atoms with Crippen molar-refractivity contribution in [2.45, 2.75) is 45.5 Å². The minimum Gasteiger partial charge on any atom is -0.340 e. The lowest BCUT2D eigenvalue weighted by molar-refractivity contribution is -0.139. The Morgan fingerprint density at radius 3 is 2.73 bits per heavy atom. The number of carbonyl (C=O) groups is 2. The Morgan fingerprint density at radius 1 is 1.27 bits per heavy atom. The molecule has 0 spiro atoms. The lowest BCUT2D eigenvalue weighted by Crippen LogP contribution is -2.39. The Balaban J connectivity index is 1.55. The largest absolute Gasteiger partial charge is 0.419 e. The standard InChI is InChI=1S/C22H25F4N5O2/c1-3-4-13-10-29(2)20(32)19-15-12-30(8-7-18(15)28-31(19)11-13)21(33)27-14-5-6-17(23)16(9-14)22(24,25)26/h5-6,9,13H,3-4,7-8,10-12H2,1-2H3,(H,27,33)/t13-/m0/s1. The van der Waals surface area contributed by atoms with Gasteiger partial charge in [-0.3, -0.25) is 9.48 Å². The van der Waals surface area contributed by atoms with Gasteiger partial charge < -0.3 is 15.1 Å². The number of amides is 3. The highest BCUT2D eigenvalue weighted by atomic mass is 19.4. The first kappa shape index (κ1) is 23.1. The number of hydrogen-bond acceptors (Lipinski definition) is 3. The van der Waals surface area contributed by atoms with Gasteiger partial charge in [-0.1, -0.05) is 13.3 Å². The first-order valence-corrected chi connectivity index (χ1v) is 10.8. The molecule has 0 radical (unpaired) electrons. The Hall–Kier alpha value is -3.11. The molecule has 1 atom stereocenters. The molecule has 3 amide bonds. The Kier molecular flexibility index (Phi) is 6.06. The van der Waals surface area contributed by atoms with Crippen molar-refractivity contribution >= 4 is 17.6 Å².